The van der Waals surface area contributed by atoms with Crippen LogP contribution in [0.4, 0.5) is 19.3 Å². The van der Waals surface area contributed by atoms with Crippen LogP contribution >= 0.6 is 15.9 Å². The summed E-state index contributed by atoms with van der Waals surface area (Å²) in [7, 11) is 0. The maximum atomic E-state index is 13.5. The Kier molecular flexibility index (Phi) is 4.22. The van der Waals surface area contributed by atoms with E-state index in [-0.39, 0.29) is 16.7 Å². The number of urea groups is 1. The fraction of sp³-hybridized carbons (Fsp3) is 0.333. The van der Waals surface area contributed by atoms with Crippen molar-refractivity contribution < 1.29 is 23.5 Å². The topological polar surface area (TPSA) is 69.6 Å². The summed E-state index contributed by atoms with van der Waals surface area (Å²) < 4.78 is 26.6. The molecule has 5 nitrogen and oxygen atoms in total. The van der Waals surface area contributed by atoms with Crippen molar-refractivity contribution in [3.8, 4) is 0 Å². The third-order valence-electron chi connectivity index (χ3n) is 3.05. The molecule has 0 spiro atoms. The number of carboxylic acid groups (broad SMARTS) is 1. The molecule has 20 heavy (non-hydrogen) atoms. The standard InChI is InChI=1S/C12H11BrF2N2O3/c13-6-4-9(8(15)5-7(6)14)16-12(20)17-3-1-2-10(17)11(18)19/h4-5,10H,1-3H2,(H,16,20)(H,18,19)/t10-/m0/s1. The minimum atomic E-state index is -1.10. The Balaban J connectivity index is 2.16. The van der Waals surface area contributed by atoms with Gasteiger partial charge in [-0.2, -0.15) is 0 Å². The number of hydrogen-bond acceptors (Lipinski definition) is 2. The van der Waals surface area contributed by atoms with Gasteiger partial charge < -0.3 is 15.3 Å². The van der Waals surface area contributed by atoms with Crippen molar-refractivity contribution in [2.45, 2.75) is 18.9 Å². The van der Waals surface area contributed by atoms with Crippen molar-refractivity contribution in [3.05, 3.63) is 28.2 Å². The van der Waals surface area contributed by atoms with E-state index in [4.69, 9.17) is 5.11 Å². The number of halogens is 3. The average Bonchev–Trinajstić information content (AvgIpc) is 2.85. The van der Waals surface area contributed by atoms with Gasteiger partial charge in [0, 0.05) is 12.6 Å². The number of anilines is 1. The van der Waals surface area contributed by atoms with Crippen molar-refractivity contribution >= 4 is 33.6 Å². The molecule has 1 saturated heterocycles. The van der Waals surface area contributed by atoms with Gasteiger partial charge >= 0.3 is 12.0 Å². The molecule has 0 aromatic heterocycles. The predicted octanol–water partition coefficient (Wildman–Crippen LogP) is 2.81. The van der Waals surface area contributed by atoms with Crippen molar-refractivity contribution in [2.75, 3.05) is 11.9 Å². The molecule has 1 aromatic rings. The van der Waals surface area contributed by atoms with E-state index < -0.39 is 29.7 Å². The van der Waals surface area contributed by atoms with Crippen molar-refractivity contribution in [3.63, 3.8) is 0 Å². The number of hydrogen-bond donors (Lipinski definition) is 2. The summed E-state index contributed by atoms with van der Waals surface area (Å²) in [5, 5.41) is 11.2. The van der Waals surface area contributed by atoms with Crippen LogP contribution < -0.4 is 5.32 Å². The van der Waals surface area contributed by atoms with E-state index in [9.17, 15) is 18.4 Å². The Morgan fingerprint density at radius 3 is 2.70 bits per heavy atom. The van der Waals surface area contributed by atoms with Gasteiger partial charge in [-0.1, -0.05) is 0 Å². The summed E-state index contributed by atoms with van der Waals surface area (Å²) in [6, 6.07) is 0.0986. The smallest absolute Gasteiger partial charge is 0.326 e. The Morgan fingerprint density at radius 1 is 1.35 bits per heavy atom. The normalized spacial score (nSPS) is 18.1. The van der Waals surface area contributed by atoms with Gasteiger partial charge in [-0.15, -0.1) is 0 Å². The molecule has 1 aliphatic rings. The van der Waals surface area contributed by atoms with Crippen LogP contribution in [0.3, 0.4) is 0 Å². The molecule has 1 fully saturated rings. The van der Waals surface area contributed by atoms with E-state index in [2.05, 4.69) is 21.2 Å². The van der Waals surface area contributed by atoms with Gasteiger partial charge in [0.05, 0.1) is 10.2 Å². The van der Waals surface area contributed by atoms with E-state index in [1.807, 2.05) is 0 Å². The van der Waals surface area contributed by atoms with Crippen LogP contribution in [-0.4, -0.2) is 34.6 Å². The minimum absolute atomic E-state index is 0.00501. The highest BCUT2D eigenvalue weighted by atomic mass is 79.9. The van der Waals surface area contributed by atoms with Crippen LogP contribution in [0.1, 0.15) is 12.8 Å². The molecular weight excluding hydrogens is 338 g/mol. The summed E-state index contributed by atoms with van der Waals surface area (Å²) in [5.41, 5.74) is -0.209. The third-order valence-corrected chi connectivity index (χ3v) is 3.66. The number of aliphatic carboxylic acids is 1. The summed E-state index contributed by atoms with van der Waals surface area (Å²) in [5.74, 6) is -2.81. The second kappa shape index (κ2) is 5.74. The summed E-state index contributed by atoms with van der Waals surface area (Å²) in [4.78, 5) is 24.1. The van der Waals surface area contributed by atoms with Gasteiger partial charge in [0.25, 0.3) is 0 Å². The highest BCUT2D eigenvalue weighted by Gasteiger charge is 2.34. The zero-order valence-corrected chi connectivity index (χ0v) is 11.8. The zero-order chi connectivity index (χ0) is 14.9. The molecule has 0 bridgehead atoms. The third kappa shape index (κ3) is 2.90. The molecule has 0 radical (unpaired) electrons. The second-order valence-corrected chi connectivity index (χ2v) is 5.22. The van der Waals surface area contributed by atoms with Gasteiger partial charge in [-0.3, -0.25) is 0 Å². The molecule has 108 valence electrons. The van der Waals surface area contributed by atoms with Crippen LogP contribution in [0, 0.1) is 11.6 Å². The Hall–Kier alpha value is -1.70. The number of carbonyl (C=O) groups excluding carboxylic acids is 1. The fourth-order valence-corrected chi connectivity index (χ4v) is 2.42. The van der Waals surface area contributed by atoms with Crippen LogP contribution in [0.15, 0.2) is 16.6 Å². The SMILES string of the molecule is O=C(O)[C@@H]1CCCN1C(=O)Nc1cc(Br)c(F)cc1F. The highest BCUT2D eigenvalue weighted by molar-refractivity contribution is 9.10. The molecule has 2 amide bonds. The molecule has 1 aromatic carbocycles. The Bertz CT molecular complexity index is 568. The van der Waals surface area contributed by atoms with Gasteiger partial charge in [0.1, 0.15) is 17.7 Å². The maximum absolute atomic E-state index is 13.5. The van der Waals surface area contributed by atoms with Gasteiger partial charge in [0.2, 0.25) is 0 Å². The molecule has 1 heterocycles. The first kappa shape index (κ1) is 14.7. The molecule has 8 heteroatoms. The highest BCUT2D eigenvalue weighted by Crippen LogP contribution is 2.25. The van der Waals surface area contributed by atoms with E-state index in [1.165, 1.54) is 0 Å². The van der Waals surface area contributed by atoms with E-state index in [0.717, 1.165) is 11.0 Å². The molecular formula is C12H11BrF2N2O3. The van der Waals surface area contributed by atoms with E-state index >= 15 is 0 Å². The van der Waals surface area contributed by atoms with Crippen molar-refractivity contribution in [1.82, 2.24) is 4.90 Å². The quantitative estimate of drug-likeness (QED) is 0.807. The summed E-state index contributed by atoms with van der Waals surface area (Å²) in [6.07, 6.45) is 0.929. The molecule has 0 unspecified atom stereocenters. The largest absolute Gasteiger partial charge is 0.480 e. The van der Waals surface area contributed by atoms with Crippen molar-refractivity contribution in [2.24, 2.45) is 0 Å². The fourth-order valence-electron chi connectivity index (χ4n) is 2.07. The average molecular weight is 349 g/mol. The zero-order valence-electron chi connectivity index (χ0n) is 10.2. The Labute approximate surface area is 121 Å². The lowest BCUT2D eigenvalue weighted by atomic mass is 10.2. The number of amides is 2. The second-order valence-electron chi connectivity index (χ2n) is 4.37. The van der Waals surface area contributed by atoms with Gasteiger partial charge in [0.15, 0.2) is 0 Å². The Morgan fingerprint density at radius 2 is 2.05 bits per heavy atom. The number of benzene rings is 1. The summed E-state index contributed by atoms with van der Waals surface area (Å²) >= 11 is 2.89. The predicted molar refractivity (Wildman–Crippen MR) is 70.4 cm³/mol. The first-order valence-corrected chi connectivity index (χ1v) is 6.64. The van der Waals surface area contributed by atoms with Crippen LogP contribution in [0.2, 0.25) is 0 Å². The maximum Gasteiger partial charge on any atom is 0.326 e. The van der Waals surface area contributed by atoms with Gasteiger partial charge in [-0.25, -0.2) is 18.4 Å². The van der Waals surface area contributed by atoms with E-state index in [0.29, 0.717) is 18.9 Å². The minimum Gasteiger partial charge on any atom is -0.480 e. The molecule has 1 atom stereocenters. The molecule has 1 aliphatic heterocycles. The van der Waals surface area contributed by atoms with E-state index in [1.54, 1.807) is 0 Å². The number of nitrogens with one attached hydrogen (secondary N) is 1. The van der Waals surface area contributed by atoms with Crippen LogP contribution in [0.25, 0.3) is 0 Å². The van der Waals surface area contributed by atoms with Gasteiger partial charge in [-0.05, 0) is 34.8 Å². The summed E-state index contributed by atoms with van der Waals surface area (Å²) in [6.45, 7) is 0.285. The number of carboxylic acids is 1. The molecule has 2 N–H and O–H groups in total. The van der Waals surface area contributed by atoms with Crippen molar-refractivity contribution in [1.29, 1.82) is 0 Å². The first-order valence-electron chi connectivity index (χ1n) is 5.85. The number of nitrogens with zero attached hydrogens (tertiary/aromatic N) is 1. The lowest BCUT2D eigenvalue weighted by Gasteiger charge is -2.22. The number of likely N-dealkylation sites (tertiary alicyclic amines) is 1. The lowest BCUT2D eigenvalue weighted by molar-refractivity contribution is -0.141. The monoisotopic (exact) mass is 348 g/mol. The number of carbonyl (C=O) groups is 2. The van der Waals surface area contributed by atoms with Crippen LogP contribution in [-0.2, 0) is 4.79 Å². The first-order chi connectivity index (χ1) is 9.40. The lowest BCUT2D eigenvalue weighted by Crippen LogP contribution is -2.42. The molecule has 0 aliphatic carbocycles. The molecule has 2 rings (SSSR count). The molecule has 0 saturated carbocycles. The number of rotatable bonds is 2. The van der Waals surface area contributed by atoms with Crippen LogP contribution in [0.5, 0.6) is 0 Å².